The van der Waals surface area contributed by atoms with Crippen LogP contribution in [0.3, 0.4) is 0 Å². The third-order valence-corrected chi connectivity index (χ3v) is 4.31. The van der Waals surface area contributed by atoms with Gasteiger partial charge in [0.05, 0.1) is 23.1 Å². The van der Waals surface area contributed by atoms with E-state index in [1.54, 1.807) is 12.1 Å². The maximum absolute atomic E-state index is 13.4. The van der Waals surface area contributed by atoms with E-state index in [1.165, 1.54) is 23.1 Å². The quantitative estimate of drug-likeness (QED) is 0.829. The second kappa shape index (κ2) is 7.23. The third kappa shape index (κ3) is 3.64. The summed E-state index contributed by atoms with van der Waals surface area (Å²) in [5.41, 5.74) is 0.662. The van der Waals surface area contributed by atoms with Gasteiger partial charge in [-0.3, -0.25) is 9.59 Å². The van der Waals surface area contributed by atoms with Crippen LogP contribution < -0.4 is 5.32 Å². The zero-order valence-electron chi connectivity index (χ0n) is 13.8. The van der Waals surface area contributed by atoms with Crippen molar-refractivity contribution in [1.82, 2.24) is 4.90 Å². The number of hydrogen-bond acceptors (Lipinski definition) is 4. The van der Waals surface area contributed by atoms with Gasteiger partial charge in [-0.25, -0.2) is 4.39 Å². The van der Waals surface area contributed by atoms with Crippen LogP contribution in [0.15, 0.2) is 42.5 Å². The lowest BCUT2D eigenvalue weighted by atomic mass is 10.1. The van der Waals surface area contributed by atoms with Crippen LogP contribution in [0.25, 0.3) is 0 Å². The van der Waals surface area contributed by atoms with Crippen molar-refractivity contribution in [1.29, 1.82) is 5.26 Å². The van der Waals surface area contributed by atoms with Crippen LogP contribution >= 0.6 is 0 Å². The Hall–Kier alpha value is -3.40. The van der Waals surface area contributed by atoms with Gasteiger partial charge in [0.2, 0.25) is 5.91 Å². The van der Waals surface area contributed by atoms with E-state index < -0.39 is 17.6 Å². The number of nitrogens with one attached hydrogen (secondary N) is 1. The Morgan fingerprint density at radius 3 is 2.65 bits per heavy atom. The molecule has 2 amide bonds. The Morgan fingerprint density at radius 1 is 1.23 bits per heavy atom. The summed E-state index contributed by atoms with van der Waals surface area (Å²) in [6.07, 6.45) is 0.479. The SMILES string of the molecule is N#Cc1ccc(F)cc1C(=O)N1CC[C@H](C(=O)Nc2ccc(O)cc2)C1. The van der Waals surface area contributed by atoms with Gasteiger partial charge in [-0.15, -0.1) is 0 Å². The second-order valence-corrected chi connectivity index (χ2v) is 6.07. The number of halogens is 1. The molecule has 0 aromatic heterocycles. The number of hydrogen-bond donors (Lipinski definition) is 2. The predicted molar refractivity (Wildman–Crippen MR) is 91.9 cm³/mol. The number of nitriles is 1. The highest BCUT2D eigenvalue weighted by atomic mass is 19.1. The molecule has 0 radical (unpaired) electrons. The van der Waals surface area contributed by atoms with Crippen LogP contribution in [0.1, 0.15) is 22.3 Å². The van der Waals surface area contributed by atoms with E-state index in [0.29, 0.717) is 18.7 Å². The summed E-state index contributed by atoms with van der Waals surface area (Å²) < 4.78 is 13.4. The van der Waals surface area contributed by atoms with Crippen molar-refractivity contribution < 1.29 is 19.1 Å². The van der Waals surface area contributed by atoms with Crippen molar-refractivity contribution in [3.63, 3.8) is 0 Å². The molecule has 7 heteroatoms. The van der Waals surface area contributed by atoms with Gasteiger partial charge in [-0.1, -0.05) is 0 Å². The first-order chi connectivity index (χ1) is 12.5. The number of benzene rings is 2. The van der Waals surface area contributed by atoms with Gasteiger partial charge in [0.25, 0.3) is 5.91 Å². The molecule has 3 rings (SSSR count). The van der Waals surface area contributed by atoms with Crippen molar-refractivity contribution >= 4 is 17.5 Å². The van der Waals surface area contributed by atoms with E-state index in [0.717, 1.165) is 12.1 Å². The average Bonchev–Trinajstić information content (AvgIpc) is 3.13. The van der Waals surface area contributed by atoms with Crippen LogP contribution in [-0.2, 0) is 4.79 Å². The number of phenols is 1. The smallest absolute Gasteiger partial charge is 0.255 e. The topological polar surface area (TPSA) is 93.4 Å². The first kappa shape index (κ1) is 17.4. The number of carbonyl (C=O) groups excluding carboxylic acids is 2. The molecule has 1 saturated heterocycles. The van der Waals surface area contributed by atoms with Crippen LogP contribution in [0, 0.1) is 23.1 Å². The lowest BCUT2D eigenvalue weighted by Crippen LogP contribution is -2.32. The summed E-state index contributed by atoms with van der Waals surface area (Å²) in [6, 6.07) is 11.4. The molecule has 0 saturated carbocycles. The lowest BCUT2D eigenvalue weighted by Gasteiger charge is -2.17. The molecular weight excluding hydrogens is 337 g/mol. The number of likely N-dealkylation sites (tertiary alicyclic amines) is 1. The lowest BCUT2D eigenvalue weighted by molar-refractivity contribution is -0.119. The maximum Gasteiger partial charge on any atom is 0.255 e. The molecule has 2 N–H and O–H groups in total. The van der Waals surface area contributed by atoms with E-state index in [9.17, 15) is 19.1 Å². The molecule has 26 heavy (non-hydrogen) atoms. The highest BCUT2D eigenvalue weighted by molar-refractivity contribution is 5.98. The minimum atomic E-state index is -0.590. The van der Waals surface area contributed by atoms with Gasteiger partial charge in [-0.2, -0.15) is 5.26 Å². The molecule has 0 unspecified atom stereocenters. The summed E-state index contributed by atoms with van der Waals surface area (Å²) in [7, 11) is 0. The molecule has 0 aliphatic carbocycles. The van der Waals surface area contributed by atoms with Gasteiger partial charge in [0, 0.05) is 18.8 Å². The monoisotopic (exact) mass is 353 g/mol. The van der Waals surface area contributed by atoms with Gasteiger partial charge in [0.15, 0.2) is 0 Å². The van der Waals surface area contributed by atoms with Gasteiger partial charge < -0.3 is 15.3 Å². The van der Waals surface area contributed by atoms with Crippen LogP contribution in [-0.4, -0.2) is 34.9 Å². The highest BCUT2D eigenvalue weighted by Crippen LogP contribution is 2.23. The normalized spacial score (nSPS) is 16.2. The Labute approximate surface area is 149 Å². The maximum atomic E-state index is 13.4. The summed E-state index contributed by atoms with van der Waals surface area (Å²) in [5.74, 6) is -1.57. The minimum absolute atomic E-state index is 0.00657. The van der Waals surface area contributed by atoms with Gasteiger partial charge in [0.1, 0.15) is 11.6 Å². The Morgan fingerprint density at radius 2 is 1.96 bits per heavy atom. The fourth-order valence-corrected chi connectivity index (χ4v) is 2.91. The molecule has 2 aromatic carbocycles. The first-order valence-corrected chi connectivity index (χ1v) is 8.07. The van der Waals surface area contributed by atoms with Gasteiger partial charge >= 0.3 is 0 Å². The average molecular weight is 353 g/mol. The molecule has 1 fully saturated rings. The Kier molecular flexibility index (Phi) is 4.85. The molecule has 132 valence electrons. The molecule has 1 atom stereocenters. The molecule has 1 heterocycles. The van der Waals surface area contributed by atoms with Crippen molar-refractivity contribution in [2.75, 3.05) is 18.4 Å². The molecular formula is C19H16FN3O3. The Balaban J connectivity index is 1.67. The summed E-state index contributed by atoms with van der Waals surface area (Å²) in [4.78, 5) is 26.4. The first-order valence-electron chi connectivity index (χ1n) is 8.07. The van der Waals surface area contributed by atoms with Crippen LogP contribution in [0.5, 0.6) is 5.75 Å². The highest BCUT2D eigenvalue weighted by Gasteiger charge is 2.32. The fraction of sp³-hybridized carbons (Fsp3) is 0.211. The van der Waals surface area contributed by atoms with Crippen molar-refractivity contribution in [2.45, 2.75) is 6.42 Å². The van der Waals surface area contributed by atoms with E-state index in [4.69, 9.17) is 5.26 Å². The van der Waals surface area contributed by atoms with Gasteiger partial charge in [-0.05, 0) is 48.9 Å². The van der Waals surface area contributed by atoms with Crippen LogP contribution in [0.4, 0.5) is 10.1 Å². The minimum Gasteiger partial charge on any atom is -0.508 e. The molecule has 0 bridgehead atoms. The predicted octanol–water partition coefficient (Wildman–Crippen LogP) is 2.50. The number of amides is 2. The zero-order chi connectivity index (χ0) is 18.7. The largest absolute Gasteiger partial charge is 0.508 e. The second-order valence-electron chi connectivity index (χ2n) is 6.07. The number of aromatic hydroxyl groups is 1. The van der Waals surface area contributed by atoms with E-state index >= 15 is 0 Å². The molecule has 1 aliphatic rings. The van der Waals surface area contributed by atoms with Crippen molar-refractivity contribution in [3.05, 3.63) is 59.4 Å². The fourth-order valence-electron chi connectivity index (χ4n) is 2.91. The summed E-state index contributed by atoms with van der Waals surface area (Å²) in [5, 5.41) is 21.1. The van der Waals surface area contributed by atoms with E-state index in [-0.39, 0.29) is 29.3 Å². The number of nitrogens with zero attached hydrogens (tertiary/aromatic N) is 2. The molecule has 2 aromatic rings. The third-order valence-electron chi connectivity index (χ3n) is 4.31. The number of phenolic OH excluding ortho intramolecular Hbond substituents is 1. The van der Waals surface area contributed by atoms with Crippen molar-refractivity contribution in [3.8, 4) is 11.8 Å². The zero-order valence-corrected chi connectivity index (χ0v) is 13.8. The number of rotatable bonds is 3. The number of carbonyl (C=O) groups is 2. The van der Waals surface area contributed by atoms with Crippen molar-refractivity contribution in [2.24, 2.45) is 5.92 Å². The van der Waals surface area contributed by atoms with E-state index in [2.05, 4.69) is 5.32 Å². The molecule has 0 spiro atoms. The van der Waals surface area contributed by atoms with Crippen LogP contribution in [0.2, 0.25) is 0 Å². The molecule has 6 nitrogen and oxygen atoms in total. The molecule has 1 aliphatic heterocycles. The van der Waals surface area contributed by atoms with E-state index in [1.807, 2.05) is 6.07 Å². The standard InChI is InChI=1S/C19H16FN3O3/c20-14-2-1-12(10-21)17(9-14)19(26)23-8-7-13(11-23)18(25)22-15-3-5-16(24)6-4-15/h1-6,9,13,24H,7-8,11H2,(H,22,25)/t13-/m0/s1. The summed E-state index contributed by atoms with van der Waals surface area (Å²) in [6.45, 7) is 0.554. The number of anilines is 1. The summed E-state index contributed by atoms with van der Waals surface area (Å²) >= 11 is 0. The Bertz CT molecular complexity index is 890.